The average Bonchev–Trinajstić information content (AvgIpc) is 3.05. The maximum atomic E-state index is 13.9. The molecular formula is C18H19FN4O2S. The second-order valence-electron chi connectivity index (χ2n) is 5.42. The van der Waals surface area contributed by atoms with Gasteiger partial charge in [0.25, 0.3) is 0 Å². The lowest BCUT2D eigenvalue weighted by atomic mass is 10.1. The number of aromatic nitrogens is 2. The molecule has 136 valence electrons. The molecule has 0 aliphatic heterocycles. The van der Waals surface area contributed by atoms with Gasteiger partial charge in [0.2, 0.25) is 0 Å². The van der Waals surface area contributed by atoms with Crippen LogP contribution in [0.3, 0.4) is 0 Å². The SMILES string of the molecule is CCOc1cccc(F)c1CCNC(=O)NSc1nc2ccccc2[nH]1. The molecule has 3 aromatic rings. The highest BCUT2D eigenvalue weighted by Gasteiger charge is 2.10. The first-order valence-electron chi connectivity index (χ1n) is 8.23. The molecule has 0 saturated carbocycles. The summed E-state index contributed by atoms with van der Waals surface area (Å²) in [6.45, 7) is 2.59. The predicted molar refractivity (Wildman–Crippen MR) is 99.8 cm³/mol. The number of carbonyl (C=O) groups excluding carboxylic acids is 1. The molecule has 0 atom stereocenters. The fourth-order valence-corrected chi connectivity index (χ4v) is 3.05. The number of halogens is 1. The van der Waals surface area contributed by atoms with Crippen LogP contribution in [0, 0.1) is 5.82 Å². The van der Waals surface area contributed by atoms with Crippen LogP contribution in [0.5, 0.6) is 5.75 Å². The molecule has 3 rings (SSSR count). The van der Waals surface area contributed by atoms with Crippen molar-refractivity contribution in [2.45, 2.75) is 18.5 Å². The standard InChI is InChI=1S/C18H19FN4O2S/c1-2-25-16-9-5-6-13(19)12(16)10-11-20-17(24)23-26-18-21-14-7-3-4-8-15(14)22-18/h3-9H,2,10-11H2,1H3,(H,21,22)(H2,20,23,24). The van der Waals surface area contributed by atoms with Gasteiger partial charge in [-0.25, -0.2) is 14.2 Å². The zero-order chi connectivity index (χ0) is 18.4. The van der Waals surface area contributed by atoms with Gasteiger partial charge in [0.05, 0.1) is 17.6 Å². The third-order valence-electron chi connectivity index (χ3n) is 3.64. The lowest BCUT2D eigenvalue weighted by Gasteiger charge is -2.11. The number of rotatable bonds is 7. The Balaban J connectivity index is 1.49. The van der Waals surface area contributed by atoms with Crippen LogP contribution in [-0.4, -0.2) is 29.2 Å². The molecule has 8 heteroatoms. The Bertz CT molecular complexity index is 867. The average molecular weight is 374 g/mol. The highest BCUT2D eigenvalue weighted by atomic mass is 32.2. The number of carbonyl (C=O) groups is 1. The molecule has 0 aliphatic rings. The van der Waals surface area contributed by atoms with Crippen LogP contribution < -0.4 is 14.8 Å². The molecule has 2 amide bonds. The fourth-order valence-electron chi connectivity index (χ4n) is 2.48. The number of nitrogens with one attached hydrogen (secondary N) is 3. The maximum Gasteiger partial charge on any atom is 0.325 e. The van der Waals surface area contributed by atoms with Gasteiger partial charge in [-0.15, -0.1) is 0 Å². The van der Waals surface area contributed by atoms with Crippen LogP contribution in [0.4, 0.5) is 9.18 Å². The smallest absolute Gasteiger partial charge is 0.325 e. The summed E-state index contributed by atoms with van der Waals surface area (Å²) in [5.41, 5.74) is 2.19. The van der Waals surface area contributed by atoms with Crippen molar-refractivity contribution in [3.05, 3.63) is 53.8 Å². The highest BCUT2D eigenvalue weighted by Crippen LogP contribution is 2.22. The summed E-state index contributed by atoms with van der Waals surface area (Å²) in [5, 5.41) is 3.29. The first-order valence-corrected chi connectivity index (χ1v) is 9.04. The number of urea groups is 1. The summed E-state index contributed by atoms with van der Waals surface area (Å²) < 4.78 is 22.0. The van der Waals surface area contributed by atoms with Crippen molar-refractivity contribution < 1.29 is 13.9 Å². The minimum absolute atomic E-state index is 0.285. The van der Waals surface area contributed by atoms with E-state index in [1.54, 1.807) is 12.1 Å². The Labute approximate surface area is 154 Å². The molecule has 0 bridgehead atoms. The molecule has 6 nitrogen and oxygen atoms in total. The molecule has 0 fully saturated rings. The van der Waals surface area contributed by atoms with Crippen molar-refractivity contribution in [1.82, 2.24) is 20.0 Å². The van der Waals surface area contributed by atoms with E-state index in [4.69, 9.17) is 4.74 Å². The fraction of sp³-hybridized carbons (Fsp3) is 0.222. The molecule has 0 spiro atoms. The van der Waals surface area contributed by atoms with Crippen LogP contribution in [0.2, 0.25) is 0 Å². The monoisotopic (exact) mass is 374 g/mol. The molecule has 26 heavy (non-hydrogen) atoms. The van der Waals surface area contributed by atoms with E-state index in [9.17, 15) is 9.18 Å². The summed E-state index contributed by atoms with van der Waals surface area (Å²) in [7, 11) is 0. The van der Waals surface area contributed by atoms with Gasteiger partial charge in [-0.1, -0.05) is 18.2 Å². The largest absolute Gasteiger partial charge is 0.493 e. The first-order chi connectivity index (χ1) is 12.7. The minimum atomic E-state index is -0.371. The molecule has 1 aromatic heterocycles. The number of amides is 2. The molecule has 0 aliphatic carbocycles. The Morgan fingerprint density at radius 1 is 1.27 bits per heavy atom. The number of ether oxygens (including phenoxy) is 1. The summed E-state index contributed by atoms with van der Waals surface area (Å²) in [6.07, 6.45) is 0.338. The second kappa shape index (κ2) is 8.57. The van der Waals surface area contributed by atoms with Crippen LogP contribution in [-0.2, 0) is 6.42 Å². The van der Waals surface area contributed by atoms with E-state index in [-0.39, 0.29) is 18.4 Å². The van der Waals surface area contributed by atoms with Gasteiger partial charge in [-0.3, -0.25) is 4.72 Å². The van der Waals surface area contributed by atoms with Crippen LogP contribution in [0.1, 0.15) is 12.5 Å². The van der Waals surface area contributed by atoms with Crippen molar-refractivity contribution in [2.24, 2.45) is 0 Å². The Morgan fingerprint density at radius 3 is 2.92 bits per heavy atom. The van der Waals surface area contributed by atoms with Crippen molar-refractivity contribution in [1.29, 1.82) is 0 Å². The topological polar surface area (TPSA) is 79.0 Å². The third-order valence-corrected chi connectivity index (χ3v) is 4.32. The Morgan fingerprint density at radius 2 is 2.12 bits per heavy atom. The summed E-state index contributed by atoms with van der Waals surface area (Å²) >= 11 is 1.09. The number of H-pyrrole nitrogens is 1. The molecule has 0 unspecified atom stereocenters. The Kier molecular flexibility index (Phi) is 5.96. The van der Waals surface area contributed by atoms with E-state index >= 15 is 0 Å². The molecule has 0 radical (unpaired) electrons. The van der Waals surface area contributed by atoms with E-state index in [2.05, 4.69) is 20.0 Å². The molecule has 0 saturated heterocycles. The second-order valence-corrected chi connectivity index (χ2v) is 6.21. The lowest BCUT2D eigenvalue weighted by molar-refractivity contribution is 0.246. The van der Waals surface area contributed by atoms with E-state index in [1.165, 1.54) is 6.07 Å². The third kappa shape index (κ3) is 4.45. The molecule has 1 heterocycles. The molecule has 3 N–H and O–H groups in total. The number of benzene rings is 2. The maximum absolute atomic E-state index is 13.9. The number of hydrogen-bond donors (Lipinski definition) is 3. The zero-order valence-electron chi connectivity index (χ0n) is 14.2. The number of nitrogens with zero attached hydrogens (tertiary/aromatic N) is 1. The number of imidazole rings is 1. The van der Waals surface area contributed by atoms with Crippen molar-refractivity contribution in [3.63, 3.8) is 0 Å². The number of hydrogen-bond acceptors (Lipinski definition) is 4. The van der Waals surface area contributed by atoms with E-state index in [1.807, 2.05) is 31.2 Å². The Hall–Kier alpha value is -2.74. The summed E-state index contributed by atoms with van der Waals surface area (Å²) in [5.74, 6) is 0.168. The van der Waals surface area contributed by atoms with Gasteiger partial charge in [-0.2, -0.15) is 0 Å². The quantitative estimate of drug-likeness (QED) is 0.552. The van der Waals surface area contributed by atoms with Crippen LogP contribution in [0.15, 0.2) is 47.6 Å². The van der Waals surface area contributed by atoms with Crippen molar-refractivity contribution in [3.8, 4) is 5.75 Å². The van der Waals surface area contributed by atoms with E-state index < -0.39 is 0 Å². The number of aromatic amines is 1. The zero-order valence-corrected chi connectivity index (χ0v) is 15.0. The van der Waals surface area contributed by atoms with Crippen molar-refractivity contribution in [2.75, 3.05) is 13.2 Å². The van der Waals surface area contributed by atoms with Crippen LogP contribution in [0.25, 0.3) is 11.0 Å². The van der Waals surface area contributed by atoms with Gasteiger partial charge in [0.1, 0.15) is 11.6 Å². The lowest BCUT2D eigenvalue weighted by Crippen LogP contribution is -2.33. The minimum Gasteiger partial charge on any atom is -0.493 e. The normalized spacial score (nSPS) is 10.7. The predicted octanol–water partition coefficient (Wildman–Crippen LogP) is 3.65. The van der Waals surface area contributed by atoms with E-state index in [0.717, 1.165) is 23.0 Å². The number of fused-ring (bicyclic) bond motifs is 1. The summed E-state index contributed by atoms with van der Waals surface area (Å²) in [4.78, 5) is 19.4. The van der Waals surface area contributed by atoms with Gasteiger partial charge in [0.15, 0.2) is 5.16 Å². The first kappa shape index (κ1) is 18.1. The molecular weight excluding hydrogens is 355 g/mol. The summed E-state index contributed by atoms with van der Waals surface area (Å²) in [6, 6.07) is 12.0. The van der Waals surface area contributed by atoms with Gasteiger partial charge in [0, 0.05) is 24.1 Å². The van der Waals surface area contributed by atoms with Gasteiger partial charge in [-0.05, 0) is 37.6 Å². The van der Waals surface area contributed by atoms with E-state index in [0.29, 0.717) is 29.5 Å². The van der Waals surface area contributed by atoms with Gasteiger partial charge < -0.3 is 15.0 Å². The number of para-hydroxylation sites is 2. The molecule has 2 aromatic carbocycles. The van der Waals surface area contributed by atoms with Gasteiger partial charge >= 0.3 is 6.03 Å². The van der Waals surface area contributed by atoms with Crippen molar-refractivity contribution >= 4 is 29.0 Å². The van der Waals surface area contributed by atoms with Crippen LogP contribution >= 0.6 is 11.9 Å². The highest BCUT2D eigenvalue weighted by molar-refractivity contribution is 7.97.